The molecule has 21 heavy (non-hydrogen) atoms. The van der Waals surface area contributed by atoms with Crippen LogP contribution in [0.15, 0.2) is 18.3 Å². The normalized spacial score (nSPS) is 18.3. The van der Waals surface area contributed by atoms with Crippen LogP contribution in [-0.4, -0.2) is 41.3 Å². The van der Waals surface area contributed by atoms with Crippen molar-refractivity contribution in [2.75, 3.05) is 19.6 Å². The Labute approximate surface area is 129 Å². The summed E-state index contributed by atoms with van der Waals surface area (Å²) in [4.78, 5) is 28.7. The Balaban J connectivity index is 1.79. The van der Waals surface area contributed by atoms with E-state index in [4.69, 9.17) is 12.2 Å². The second kappa shape index (κ2) is 7.36. The summed E-state index contributed by atoms with van der Waals surface area (Å²) in [6, 6.07) is 3.40. The third kappa shape index (κ3) is 4.39. The van der Waals surface area contributed by atoms with Gasteiger partial charge in [-0.1, -0.05) is 19.1 Å². The summed E-state index contributed by atoms with van der Waals surface area (Å²) < 4.78 is 0.409. The Morgan fingerprint density at radius 1 is 1.52 bits per heavy atom. The summed E-state index contributed by atoms with van der Waals surface area (Å²) in [7, 11) is 0. The van der Waals surface area contributed by atoms with Gasteiger partial charge in [-0.25, -0.2) is 0 Å². The van der Waals surface area contributed by atoms with Gasteiger partial charge < -0.3 is 15.2 Å². The maximum atomic E-state index is 12.1. The SMILES string of the molecule is CC1CCCN(C(=O)CCNC(=O)c2ccc[nH]c2=S)C1. The summed E-state index contributed by atoms with van der Waals surface area (Å²) >= 11 is 5.05. The number of hydrogen-bond acceptors (Lipinski definition) is 3. The zero-order chi connectivity index (χ0) is 15.2. The van der Waals surface area contributed by atoms with Gasteiger partial charge in [-0.15, -0.1) is 0 Å². The molecule has 1 aliphatic heterocycles. The van der Waals surface area contributed by atoms with Crippen molar-refractivity contribution in [1.82, 2.24) is 15.2 Å². The summed E-state index contributed by atoms with van der Waals surface area (Å²) in [5.74, 6) is 0.441. The van der Waals surface area contributed by atoms with E-state index in [9.17, 15) is 9.59 Å². The van der Waals surface area contributed by atoms with E-state index in [1.165, 1.54) is 6.42 Å². The van der Waals surface area contributed by atoms with Crippen molar-refractivity contribution in [2.45, 2.75) is 26.2 Å². The number of rotatable bonds is 4. The van der Waals surface area contributed by atoms with Crippen LogP contribution in [-0.2, 0) is 4.79 Å². The Bertz CT molecular complexity index is 570. The third-order valence-corrected chi connectivity index (χ3v) is 4.03. The van der Waals surface area contributed by atoms with Crippen molar-refractivity contribution in [3.05, 3.63) is 28.5 Å². The number of pyridine rings is 1. The van der Waals surface area contributed by atoms with Crippen LogP contribution < -0.4 is 5.32 Å². The number of carbonyl (C=O) groups is 2. The monoisotopic (exact) mass is 307 g/mol. The maximum absolute atomic E-state index is 12.1. The number of nitrogens with zero attached hydrogens (tertiary/aromatic N) is 1. The van der Waals surface area contributed by atoms with Gasteiger partial charge in [0.1, 0.15) is 4.64 Å². The average Bonchev–Trinajstić information content (AvgIpc) is 2.47. The van der Waals surface area contributed by atoms with E-state index in [-0.39, 0.29) is 11.8 Å². The number of piperidine rings is 1. The molecular weight excluding hydrogens is 286 g/mol. The van der Waals surface area contributed by atoms with Gasteiger partial charge in [-0.2, -0.15) is 0 Å². The Kier molecular flexibility index (Phi) is 5.50. The molecule has 0 spiro atoms. The summed E-state index contributed by atoms with van der Waals surface area (Å²) in [6.07, 6.45) is 4.27. The molecule has 1 saturated heterocycles. The van der Waals surface area contributed by atoms with Gasteiger partial charge in [0.2, 0.25) is 5.91 Å². The van der Waals surface area contributed by atoms with Gasteiger partial charge >= 0.3 is 0 Å². The number of aromatic nitrogens is 1. The first-order valence-corrected chi connectivity index (χ1v) is 7.72. The highest BCUT2D eigenvalue weighted by molar-refractivity contribution is 7.71. The molecule has 2 amide bonds. The minimum Gasteiger partial charge on any atom is -0.352 e. The first kappa shape index (κ1) is 15.7. The fourth-order valence-corrected chi connectivity index (χ4v) is 2.78. The highest BCUT2D eigenvalue weighted by atomic mass is 32.1. The number of carbonyl (C=O) groups excluding carboxylic acids is 2. The van der Waals surface area contributed by atoms with Crippen LogP contribution in [0.5, 0.6) is 0 Å². The van der Waals surface area contributed by atoms with Gasteiger partial charge in [-0.05, 0) is 30.9 Å². The summed E-state index contributed by atoms with van der Waals surface area (Å²) in [5, 5.41) is 2.75. The highest BCUT2D eigenvalue weighted by Gasteiger charge is 2.20. The third-order valence-electron chi connectivity index (χ3n) is 3.70. The van der Waals surface area contributed by atoms with Crippen molar-refractivity contribution in [3.8, 4) is 0 Å². The minimum absolute atomic E-state index is 0.111. The standard InChI is InChI=1S/C15H21N3O2S/c1-11-4-3-9-18(10-11)13(19)6-8-16-14(20)12-5-2-7-17-15(12)21/h2,5,7,11H,3-4,6,8-10H2,1H3,(H,16,20)(H,17,21). The van der Waals surface area contributed by atoms with Crippen LogP contribution in [0.1, 0.15) is 36.5 Å². The van der Waals surface area contributed by atoms with Crippen LogP contribution in [0, 0.1) is 10.6 Å². The molecule has 0 radical (unpaired) electrons. The van der Waals surface area contributed by atoms with Gasteiger partial charge in [0.15, 0.2) is 0 Å². The van der Waals surface area contributed by atoms with Crippen LogP contribution in [0.3, 0.4) is 0 Å². The number of H-pyrrole nitrogens is 1. The molecule has 1 aromatic rings. The number of aromatic amines is 1. The molecule has 1 unspecified atom stereocenters. The molecule has 1 atom stereocenters. The summed E-state index contributed by atoms with van der Waals surface area (Å²) in [6.45, 7) is 4.17. The molecule has 6 heteroatoms. The van der Waals surface area contributed by atoms with E-state index >= 15 is 0 Å². The van der Waals surface area contributed by atoms with Crippen molar-refractivity contribution >= 4 is 24.0 Å². The molecule has 0 saturated carbocycles. The van der Waals surface area contributed by atoms with Crippen LogP contribution >= 0.6 is 12.2 Å². The fourth-order valence-electron chi connectivity index (χ4n) is 2.55. The minimum atomic E-state index is -0.239. The molecule has 5 nitrogen and oxygen atoms in total. The van der Waals surface area contributed by atoms with Gasteiger partial charge in [0, 0.05) is 32.3 Å². The molecule has 114 valence electrons. The number of hydrogen-bond donors (Lipinski definition) is 2. The zero-order valence-electron chi connectivity index (χ0n) is 12.2. The van der Waals surface area contributed by atoms with Crippen LogP contribution in [0.2, 0.25) is 0 Å². The lowest BCUT2D eigenvalue weighted by Crippen LogP contribution is -2.40. The lowest BCUT2D eigenvalue weighted by atomic mass is 10.00. The fraction of sp³-hybridized carbons (Fsp3) is 0.533. The van der Waals surface area contributed by atoms with E-state index in [1.807, 2.05) is 4.90 Å². The number of likely N-dealkylation sites (tertiary alicyclic amines) is 1. The number of amides is 2. The molecule has 0 bridgehead atoms. The molecule has 2 N–H and O–H groups in total. The van der Waals surface area contributed by atoms with Crippen LogP contribution in [0.4, 0.5) is 0 Å². The topological polar surface area (TPSA) is 65.2 Å². The van der Waals surface area contributed by atoms with E-state index < -0.39 is 0 Å². The van der Waals surface area contributed by atoms with Crippen molar-refractivity contribution < 1.29 is 9.59 Å². The lowest BCUT2D eigenvalue weighted by Gasteiger charge is -2.31. The number of nitrogens with one attached hydrogen (secondary N) is 2. The molecule has 1 aliphatic rings. The Morgan fingerprint density at radius 2 is 2.33 bits per heavy atom. The second-order valence-corrected chi connectivity index (χ2v) is 5.91. The van der Waals surface area contributed by atoms with Crippen molar-refractivity contribution in [1.29, 1.82) is 0 Å². The van der Waals surface area contributed by atoms with E-state index in [0.29, 0.717) is 29.1 Å². The van der Waals surface area contributed by atoms with E-state index in [1.54, 1.807) is 18.3 Å². The predicted molar refractivity (Wildman–Crippen MR) is 83.6 cm³/mol. The van der Waals surface area contributed by atoms with Crippen LogP contribution in [0.25, 0.3) is 0 Å². The lowest BCUT2D eigenvalue weighted by molar-refractivity contribution is -0.132. The molecule has 1 fully saturated rings. The van der Waals surface area contributed by atoms with Gasteiger partial charge in [-0.3, -0.25) is 9.59 Å². The van der Waals surface area contributed by atoms with Gasteiger partial charge in [0.25, 0.3) is 5.91 Å². The average molecular weight is 307 g/mol. The molecule has 2 heterocycles. The molecule has 1 aromatic heterocycles. The largest absolute Gasteiger partial charge is 0.352 e. The second-order valence-electron chi connectivity index (χ2n) is 5.51. The highest BCUT2D eigenvalue weighted by Crippen LogP contribution is 2.15. The first-order valence-electron chi connectivity index (χ1n) is 7.31. The van der Waals surface area contributed by atoms with Crippen molar-refractivity contribution in [3.63, 3.8) is 0 Å². The molecule has 0 aliphatic carbocycles. The molecule has 2 rings (SSSR count). The Morgan fingerprint density at radius 3 is 3.05 bits per heavy atom. The van der Waals surface area contributed by atoms with E-state index in [0.717, 1.165) is 19.5 Å². The molecule has 0 aromatic carbocycles. The Hall–Kier alpha value is -1.69. The van der Waals surface area contributed by atoms with E-state index in [2.05, 4.69) is 17.2 Å². The smallest absolute Gasteiger partial charge is 0.254 e. The van der Waals surface area contributed by atoms with Crippen molar-refractivity contribution in [2.24, 2.45) is 5.92 Å². The zero-order valence-corrected chi connectivity index (χ0v) is 13.0. The maximum Gasteiger partial charge on any atom is 0.254 e. The predicted octanol–water partition coefficient (Wildman–Crippen LogP) is 2.12. The first-order chi connectivity index (χ1) is 10.1. The van der Waals surface area contributed by atoms with Gasteiger partial charge in [0.05, 0.1) is 5.56 Å². The summed E-state index contributed by atoms with van der Waals surface area (Å²) in [5.41, 5.74) is 0.437. The molecular formula is C15H21N3O2S. The quantitative estimate of drug-likeness (QED) is 0.838.